The second-order valence-electron chi connectivity index (χ2n) is 10.9. The number of halogens is 3. The lowest BCUT2D eigenvalue weighted by atomic mass is 10.1. The van der Waals surface area contributed by atoms with Gasteiger partial charge in [0.2, 0.25) is 11.8 Å². The number of methoxy groups -OCH3 is 2. The fourth-order valence-electron chi connectivity index (χ4n) is 5.17. The molecule has 0 bridgehead atoms. The van der Waals surface area contributed by atoms with Crippen molar-refractivity contribution in [2.75, 3.05) is 57.7 Å². The summed E-state index contributed by atoms with van der Waals surface area (Å²) in [6, 6.07) is 13.9. The Balaban J connectivity index is 1.35. The minimum absolute atomic E-state index is 0.0851. The molecule has 1 aliphatic heterocycles. The molecule has 0 unspecified atom stereocenters. The molecule has 10 nitrogen and oxygen atoms in total. The molecule has 0 radical (unpaired) electrons. The molecule has 0 aliphatic carbocycles. The Bertz CT molecular complexity index is 1700. The van der Waals surface area contributed by atoms with Gasteiger partial charge in [-0.3, -0.25) is 4.90 Å². The van der Waals surface area contributed by atoms with Crippen LogP contribution in [-0.4, -0.2) is 68.5 Å². The lowest BCUT2D eigenvalue weighted by molar-refractivity contribution is 0.203. The maximum atomic E-state index is 15.0. The van der Waals surface area contributed by atoms with Crippen LogP contribution in [0.25, 0.3) is 11.3 Å². The molecule has 0 spiro atoms. The molecule has 1 saturated heterocycles. The Morgan fingerprint density at radius 1 is 0.915 bits per heavy atom. The van der Waals surface area contributed by atoms with Crippen LogP contribution in [0.2, 0.25) is 0 Å². The van der Waals surface area contributed by atoms with E-state index in [-0.39, 0.29) is 34.5 Å². The molecule has 3 aromatic carbocycles. The molecule has 5 rings (SSSR count). The van der Waals surface area contributed by atoms with E-state index in [0.29, 0.717) is 23.8 Å². The molecule has 248 valence electrons. The fourth-order valence-corrected chi connectivity index (χ4v) is 5.17. The van der Waals surface area contributed by atoms with Crippen molar-refractivity contribution in [2.45, 2.75) is 25.7 Å². The summed E-state index contributed by atoms with van der Waals surface area (Å²) < 4.78 is 65.8. The predicted octanol–water partition coefficient (Wildman–Crippen LogP) is 7.21. The number of carbonyl (C=O) groups is 1. The van der Waals surface area contributed by atoms with Gasteiger partial charge < -0.3 is 29.2 Å². The van der Waals surface area contributed by atoms with Crippen molar-refractivity contribution in [1.29, 1.82) is 0 Å². The van der Waals surface area contributed by atoms with E-state index in [1.54, 1.807) is 24.3 Å². The molecule has 1 N–H and O–H groups in total. The summed E-state index contributed by atoms with van der Waals surface area (Å²) in [5, 5.41) is 2.85. The topological polar surface area (TPSA) is 98.3 Å². The maximum absolute atomic E-state index is 15.0. The first-order chi connectivity index (χ1) is 22.7. The quantitative estimate of drug-likeness (QED) is 0.159. The van der Waals surface area contributed by atoms with Crippen LogP contribution in [0.15, 0.2) is 60.7 Å². The minimum atomic E-state index is -1.15. The lowest BCUT2D eigenvalue weighted by Gasteiger charge is -2.26. The van der Waals surface area contributed by atoms with Crippen molar-refractivity contribution >= 4 is 23.4 Å². The number of rotatable bonds is 12. The SMILES string of the molecule is COc1ccc(OC)c(N(C)C(=O)Oc2cc(-c3cccc(F)c3F)nc(Nc3ccc(OCCCN4CCCCC4)c(F)c3)n2)c1. The van der Waals surface area contributed by atoms with Gasteiger partial charge in [0.05, 0.1) is 32.2 Å². The average Bonchev–Trinajstić information content (AvgIpc) is 3.08. The summed E-state index contributed by atoms with van der Waals surface area (Å²) in [4.78, 5) is 25.3. The molecule has 13 heteroatoms. The van der Waals surface area contributed by atoms with Crippen LogP contribution in [0.4, 0.5) is 35.3 Å². The Morgan fingerprint density at radius 3 is 2.45 bits per heavy atom. The first-order valence-corrected chi connectivity index (χ1v) is 15.2. The summed E-state index contributed by atoms with van der Waals surface area (Å²) >= 11 is 0. The molecule has 1 amide bonds. The number of nitrogens with zero attached hydrogens (tertiary/aromatic N) is 4. The van der Waals surface area contributed by atoms with E-state index in [2.05, 4.69) is 20.2 Å². The molecule has 2 heterocycles. The number of aromatic nitrogens is 2. The minimum Gasteiger partial charge on any atom is -0.497 e. The number of piperidine rings is 1. The molecular weight excluding hydrogens is 615 g/mol. The van der Waals surface area contributed by atoms with Gasteiger partial charge in [0.1, 0.15) is 11.5 Å². The third-order valence-electron chi connectivity index (χ3n) is 7.66. The number of hydrogen-bond acceptors (Lipinski definition) is 9. The van der Waals surface area contributed by atoms with E-state index in [1.165, 1.54) is 75.8 Å². The highest BCUT2D eigenvalue weighted by Gasteiger charge is 2.21. The first-order valence-electron chi connectivity index (χ1n) is 15.2. The van der Waals surface area contributed by atoms with E-state index in [9.17, 15) is 18.0 Å². The van der Waals surface area contributed by atoms with E-state index < -0.39 is 23.5 Å². The van der Waals surface area contributed by atoms with Gasteiger partial charge in [0.25, 0.3) is 0 Å². The van der Waals surface area contributed by atoms with Crippen LogP contribution >= 0.6 is 0 Å². The van der Waals surface area contributed by atoms with E-state index in [1.807, 2.05) is 0 Å². The van der Waals surface area contributed by atoms with E-state index in [0.717, 1.165) is 32.1 Å². The fraction of sp³-hybridized carbons (Fsp3) is 0.324. The zero-order valence-corrected chi connectivity index (χ0v) is 26.4. The number of likely N-dealkylation sites (tertiary alicyclic amines) is 1. The molecule has 0 atom stereocenters. The third-order valence-corrected chi connectivity index (χ3v) is 7.66. The molecule has 0 saturated carbocycles. The van der Waals surface area contributed by atoms with Gasteiger partial charge in [-0.05, 0) is 68.8 Å². The summed E-state index contributed by atoms with van der Waals surface area (Å²) in [6.45, 7) is 3.43. The Kier molecular flexibility index (Phi) is 11.0. The van der Waals surface area contributed by atoms with Crippen molar-refractivity contribution in [3.63, 3.8) is 0 Å². The molecular formula is C34H36F3N5O5. The van der Waals surface area contributed by atoms with Gasteiger partial charge in [-0.2, -0.15) is 4.98 Å². The molecule has 1 aromatic heterocycles. The van der Waals surface area contributed by atoms with Crippen LogP contribution < -0.4 is 29.2 Å². The Morgan fingerprint density at radius 2 is 1.70 bits per heavy atom. The molecule has 1 fully saturated rings. The van der Waals surface area contributed by atoms with Gasteiger partial charge in [0, 0.05) is 43.0 Å². The molecule has 47 heavy (non-hydrogen) atoms. The van der Waals surface area contributed by atoms with Crippen molar-refractivity contribution in [1.82, 2.24) is 14.9 Å². The third kappa shape index (κ3) is 8.41. The lowest BCUT2D eigenvalue weighted by Crippen LogP contribution is -2.31. The van der Waals surface area contributed by atoms with Crippen LogP contribution in [0.3, 0.4) is 0 Å². The monoisotopic (exact) mass is 651 g/mol. The highest BCUT2D eigenvalue weighted by Crippen LogP contribution is 2.33. The summed E-state index contributed by atoms with van der Waals surface area (Å²) in [5.41, 5.74) is 0.300. The Hall–Kier alpha value is -5.04. The van der Waals surface area contributed by atoms with Gasteiger partial charge in [-0.25, -0.2) is 22.9 Å². The molecule has 1 aliphatic rings. The number of amides is 1. The summed E-state index contributed by atoms with van der Waals surface area (Å²) in [7, 11) is 4.38. The van der Waals surface area contributed by atoms with Crippen molar-refractivity contribution in [2.24, 2.45) is 0 Å². The van der Waals surface area contributed by atoms with Crippen molar-refractivity contribution < 1.29 is 36.9 Å². The highest BCUT2D eigenvalue weighted by atomic mass is 19.2. The number of benzene rings is 3. The number of anilines is 3. The van der Waals surface area contributed by atoms with Gasteiger partial charge >= 0.3 is 6.09 Å². The molecule has 4 aromatic rings. The van der Waals surface area contributed by atoms with Crippen LogP contribution in [-0.2, 0) is 0 Å². The van der Waals surface area contributed by atoms with Crippen molar-refractivity contribution in [3.8, 4) is 34.4 Å². The standard InChI is InChI=1S/C34H36F3N5O5/c1-41(28-20-23(44-2)12-14-30(28)45-3)34(43)47-31-21-27(24-9-7-10-25(35)32(24)37)39-33(40-31)38-22-11-13-29(26(36)19-22)46-18-8-17-42-15-5-4-6-16-42/h7,9-14,19-21H,4-6,8,15-18H2,1-3H3,(H,38,39,40). The van der Waals surface area contributed by atoms with E-state index >= 15 is 0 Å². The second-order valence-corrected chi connectivity index (χ2v) is 10.9. The zero-order valence-electron chi connectivity index (χ0n) is 26.4. The number of ether oxygens (including phenoxy) is 4. The van der Waals surface area contributed by atoms with Crippen molar-refractivity contribution in [3.05, 3.63) is 78.1 Å². The second kappa shape index (κ2) is 15.5. The van der Waals surface area contributed by atoms with Gasteiger partial charge in [0.15, 0.2) is 23.2 Å². The number of nitrogens with one attached hydrogen (secondary N) is 1. The largest absolute Gasteiger partial charge is 0.497 e. The predicted molar refractivity (Wildman–Crippen MR) is 171 cm³/mol. The smallest absolute Gasteiger partial charge is 0.420 e. The maximum Gasteiger partial charge on any atom is 0.420 e. The summed E-state index contributed by atoms with van der Waals surface area (Å²) in [5.74, 6) is -2.36. The number of carbonyl (C=O) groups excluding carboxylic acids is 1. The van der Waals surface area contributed by atoms with Crippen LogP contribution in [0.1, 0.15) is 25.7 Å². The van der Waals surface area contributed by atoms with Crippen LogP contribution in [0.5, 0.6) is 23.1 Å². The zero-order chi connectivity index (χ0) is 33.3. The van der Waals surface area contributed by atoms with Crippen LogP contribution in [0, 0.1) is 17.5 Å². The average molecular weight is 652 g/mol. The highest BCUT2D eigenvalue weighted by molar-refractivity contribution is 5.90. The van der Waals surface area contributed by atoms with E-state index in [4.69, 9.17) is 18.9 Å². The number of hydrogen-bond donors (Lipinski definition) is 1. The van der Waals surface area contributed by atoms with Gasteiger partial charge in [-0.15, -0.1) is 0 Å². The normalized spacial score (nSPS) is 13.1. The summed E-state index contributed by atoms with van der Waals surface area (Å²) in [6.07, 6.45) is 3.57. The Labute approximate surface area is 271 Å². The van der Waals surface area contributed by atoms with Gasteiger partial charge in [-0.1, -0.05) is 12.5 Å². The first kappa shape index (κ1) is 33.3.